The lowest BCUT2D eigenvalue weighted by Gasteiger charge is -2.31. The van der Waals surface area contributed by atoms with Gasteiger partial charge in [-0.3, -0.25) is 23.3 Å². The number of anilines is 1. The summed E-state index contributed by atoms with van der Waals surface area (Å²) < 4.78 is 9.61. The van der Waals surface area contributed by atoms with Gasteiger partial charge in [-0.25, -0.2) is 4.79 Å². The molecular formula is C26H30N6O4. The molecule has 2 aliphatic rings. The third kappa shape index (κ3) is 4.31. The van der Waals surface area contributed by atoms with Gasteiger partial charge in [-0.15, -0.1) is 5.92 Å². The zero-order valence-corrected chi connectivity index (χ0v) is 20.6. The second-order valence-corrected chi connectivity index (χ2v) is 9.38. The zero-order chi connectivity index (χ0) is 25.4. The number of piperidine rings is 1. The first-order chi connectivity index (χ1) is 17.4. The molecule has 10 nitrogen and oxygen atoms in total. The van der Waals surface area contributed by atoms with Crippen LogP contribution in [0.4, 0.5) is 5.95 Å². The van der Waals surface area contributed by atoms with E-state index in [0.29, 0.717) is 29.5 Å². The molecule has 3 aromatic rings. The predicted molar refractivity (Wildman–Crippen MR) is 137 cm³/mol. The first kappa shape index (κ1) is 23.9. The molecule has 0 bridgehead atoms. The number of nitrogens with two attached hydrogens (primary N) is 1. The highest BCUT2D eigenvalue weighted by Gasteiger charge is 2.33. The maximum absolute atomic E-state index is 13.8. The van der Waals surface area contributed by atoms with Gasteiger partial charge < -0.3 is 15.4 Å². The summed E-state index contributed by atoms with van der Waals surface area (Å²) >= 11 is 0. The summed E-state index contributed by atoms with van der Waals surface area (Å²) in [6.45, 7) is 2.98. The lowest BCUT2D eigenvalue weighted by Crippen LogP contribution is -2.44. The fraction of sp³-hybridized carbons (Fsp3) is 0.462. The number of carbonyl (C=O) groups excluding carboxylic acids is 1. The average molecular weight is 491 g/mol. The molecule has 2 aromatic heterocycles. The van der Waals surface area contributed by atoms with Crippen molar-refractivity contribution in [3.8, 4) is 17.6 Å². The third-order valence-corrected chi connectivity index (χ3v) is 6.80. The molecule has 0 spiro atoms. The summed E-state index contributed by atoms with van der Waals surface area (Å²) in [4.78, 5) is 47.4. The number of fused-ring (bicyclic) bond motifs is 1. The number of hydrogen-bond donors (Lipinski definition) is 1. The summed E-state index contributed by atoms with van der Waals surface area (Å²) in [7, 11) is 1.52. The van der Waals surface area contributed by atoms with Crippen molar-refractivity contribution in [3.05, 3.63) is 50.7 Å². The fourth-order valence-corrected chi connectivity index (χ4v) is 4.82. The van der Waals surface area contributed by atoms with Gasteiger partial charge in [-0.2, -0.15) is 4.98 Å². The first-order valence-electron chi connectivity index (χ1n) is 12.3. The van der Waals surface area contributed by atoms with Crippen molar-refractivity contribution in [3.63, 3.8) is 0 Å². The molecule has 2 fully saturated rings. The molecular weight excluding hydrogens is 460 g/mol. The van der Waals surface area contributed by atoms with Crippen molar-refractivity contribution in [1.82, 2.24) is 18.7 Å². The van der Waals surface area contributed by atoms with Gasteiger partial charge in [-0.05, 0) is 44.7 Å². The van der Waals surface area contributed by atoms with Crippen molar-refractivity contribution in [2.24, 2.45) is 5.73 Å². The Balaban J connectivity index is 1.68. The maximum Gasteiger partial charge on any atom is 0.333 e. The normalized spacial score (nSPS) is 17.6. The van der Waals surface area contributed by atoms with E-state index in [2.05, 4.69) is 16.7 Å². The molecule has 36 heavy (non-hydrogen) atoms. The van der Waals surface area contributed by atoms with E-state index in [1.165, 1.54) is 7.11 Å². The van der Waals surface area contributed by atoms with Crippen LogP contribution in [-0.4, -0.2) is 50.7 Å². The molecule has 1 aliphatic carbocycles. The third-order valence-electron chi connectivity index (χ3n) is 6.80. The molecule has 1 saturated carbocycles. The van der Waals surface area contributed by atoms with E-state index in [1.54, 1.807) is 40.3 Å². The number of hydrogen-bond acceptors (Lipinski definition) is 7. The van der Waals surface area contributed by atoms with Crippen molar-refractivity contribution < 1.29 is 9.53 Å². The number of ketones is 1. The number of benzene rings is 1. The van der Waals surface area contributed by atoms with Crippen LogP contribution in [0, 0.1) is 11.8 Å². The van der Waals surface area contributed by atoms with Crippen LogP contribution in [0.3, 0.4) is 0 Å². The number of Topliss-reactive ketones (excluding diaryl/α,β-unsaturated/α-hetero) is 1. The SMILES string of the molecule is CC#CCn1c(N2CCCC(N)C2)nc2c1c(=O)n(CC(=O)c1cccc(OC)c1)c(=O)n2C1CC1. The van der Waals surface area contributed by atoms with E-state index in [9.17, 15) is 14.4 Å². The molecule has 5 rings (SSSR count). The van der Waals surface area contributed by atoms with Gasteiger partial charge in [0.25, 0.3) is 5.56 Å². The summed E-state index contributed by atoms with van der Waals surface area (Å²) in [6.07, 6.45) is 3.49. The predicted octanol–water partition coefficient (Wildman–Crippen LogP) is 1.54. The standard InChI is InChI=1S/C26H30N6O4/c1-3-4-13-30-22-23(28-25(30)29-12-6-8-18(27)15-29)32(19-10-11-19)26(35)31(24(22)34)16-21(33)17-7-5-9-20(14-17)36-2/h5,7,9,14,18-19H,6,8,10-13,15-16,27H2,1-2H3. The molecule has 1 aromatic carbocycles. The lowest BCUT2D eigenvalue weighted by atomic mass is 10.1. The van der Waals surface area contributed by atoms with Crippen molar-refractivity contribution in [1.29, 1.82) is 0 Å². The molecule has 1 aliphatic heterocycles. The Morgan fingerprint density at radius 2 is 2.03 bits per heavy atom. The van der Waals surface area contributed by atoms with E-state index >= 15 is 0 Å². The Morgan fingerprint density at radius 3 is 2.72 bits per heavy atom. The molecule has 3 heterocycles. The van der Waals surface area contributed by atoms with E-state index in [1.807, 2.05) is 0 Å². The van der Waals surface area contributed by atoms with Crippen LogP contribution in [0.25, 0.3) is 11.2 Å². The molecule has 1 atom stereocenters. The molecule has 1 unspecified atom stereocenters. The Labute approximate surface area is 208 Å². The van der Waals surface area contributed by atoms with Crippen LogP contribution in [0.15, 0.2) is 33.9 Å². The second kappa shape index (κ2) is 9.66. The molecule has 10 heteroatoms. The number of imidazole rings is 1. The molecule has 0 amide bonds. The van der Waals surface area contributed by atoms with Crippen LogP contribution in [0.2, 0.25) is 0 Å². The minimum absolute atomic E-state index is 0.00652. The van der Waals surface area contributed by atoms with E-state index in [-0.39, 0.29) is 36.5 Å². The summed E-state index contributed by atoms with van der Waals surface area (Å²) in [5.41, 5.74) is 6.18. The highest BCUT2D eigenvalue weighted by atomic mass is 16.5. The van der Waals surface area contributed by atoms with E-state index in [4.69, 9.17) is 15.5 Å². The Hall–Kier alpha value is -3.84. The molecule has 1 saturated heterocycles. The smallest absolute Gasteiger partial charge is 0.333 e. The second-order valence-electron chi connectivity index (χ2n) is 9.38. The molecule has 2 N–H and O–H groups in total. The minimum Gasteiger partial charge on any atom is -0.497 e. The van der Waals surface area contributed by atoms with Crippen molar-refractivity contribution in [2.75, 3.05) is 25.1 Å². The maximum atomic E-state index is 13.8. The number of methoxy groups -OCH3 is 1. The first-order valence-corrected chi connectivity index (χ1v) is 12.3. The number of carbonyl (C=O) groups is 1. The van der Waals surface area contributed by atoms with Crippen LogP contribution >= 0.6 is 0 Å². The molecule has 0 radical (unpaired) electrons. The summed E-state index contributed by atoms with van der Waals surface area (Å²) in [6, 6.07) is 6.64. The largest absolute Gasteiger partial charge is 0.497 e. The minimum atomic E-state index is -0.541. The van der Waals surface area contributed by atoms with Crippen LogP contribution in [0.1, 0.15) is 49.0 Å². The average Bonchev–Trinajstić information content (AvgIpc) is 3.65. The summed E-state index contributed by atoms with van der Waals surface area (Å²) in [5, 5.41) is 0. The Morgan fingerprint density at radius 1 is 1.22 bits per heavy atom. The lowest BCUT2D eigenvalue weighted by molar-refractivity contribution is 0.0968. The van der Waals surface area contributed by atoms with Gasteiger partial charge in [0.05, 0.1) is 20.2 Å². The number of ether oxygens (including phenoxy) is 1. The summed E-state index contributed by atoms with van der Waals surface area (Å²) in [5.74, 6) is 6.69. The van der Waals surface area contributed by atoms with Gasteiger partial charge >= 0.3 is 5.69 Å². The highest BCUT2D eigenvalue weighted by Crippen LogP contribution is 2.36. The van der Waals surface area contributed by atoms with Crippen molar-refractivity contribution >= 4 is 22.9 Å². The van der Waals surface area contributed by atoms with E-state index < -0.39 is 11.2 Å². The van der Waals surface area contributed by atoms with E-state index in [0.717, 1.165) is 36.8 Å². The van der Waals surface area contributed by atoms with Gasteiger partial charge in [0.2, 0.25) is 5.95 Å². The van der Waals surface area contributed by atoms with Crippen molar-refractivity contribution in [2.45, 2.75) is 57.8 Å². The molecule has 188 valence electrons. The fourth-order valence-electron chi connectivity index (χ4n) is 4.82. The zero-order valence-electron chi connectivity index (χ0n) is 20.6. The number of rotatable bonds is 7. The number of aromatic nitrogens is 4. The van der Waals surface area contributed by atoms with Gasteiger partial charge in [0.15, 0.2) is 16.9 Å². The van der Waals surface area contributed by atoms with Gasteiger partial charge in [0.1, 0.15) is 5.75 Å². The topological polar surface area (TPSA) is 117 Å². The highest BCUT2D eigenvalue weighted by molar-refractivity contribution is 5.96. The monoisotopic (exact) mass is 490 g/mol. The van der Waals surface area contributed by atoms with Crippen LogP contribution < -0.4 is 26.6 Å². The van der Waals surface area contributed by atoms with Crippen LogP contribution in [0.5, 0.6) is 5.75 Å². The number of nitrogens with zero attached hydrogens (tertiary/aromatic N) is 5. The quantitative estimate of drug-likeness (QED) is 0.394. The Bertz CT molecular complexity index is 1500. The van der Waals surface area contributed by atoms with Gasteiger partial charge in [0, 0.05) is 30.7 Å². The van der Waals surface area contributed by atoms with Crippen LogP contribution in [-0.2, 0) is 13.1 Å². The Kier molecular flexibility index (Phi) is 6.41. The van der Waals surface area contributed by atoms with Gasteiger partial charge in [-0.1, -0.05) is 18.1 Å².